The number of urea groups is 1. The fourth-order valence-corrected chi connectivity index (χ4v) is 2.40. The molecule has 3 rings (SSSR count). The molecule has 1 fully saturated rings. The molecule has 8 heteroatoms. The lowest BCUT2D eigenvalue weighted by Crippen LogP contribution is -2.37. The van der Waals surface area contributed by atoms with Crippen molar-refractivity contribution in [3.8, 4) is 0 Å². The molecule has 2 aromatic rings. The highest BCUT2D eigenvalue weighted by Gasteiger charge is 2.28. The number of halogens is 2. The molecular weight excluding hydrogens is 318 g/mol. The van der Waals surface area contributed by atoms with Crippen molar-refractivity contribution < 1.29 is 18.1 Å². The zero-order chi connectivity index (χ0) is 17.1. The summed E-state index contributed by atoms with van der Waals surface area (Å²) < 4.78 is 31.9. The summed E-state index contributed by atoms with van der Waals surface area (Å²) >= 11 is 0. The Kier molecular flexibility index (Phi) is 4.73. The number of hydrogen-bond donors (Lipinski definition) is 2. The third-order valence-corrected chi connectivity index (χ3v) is 3.88. The molecule has 0 spiro atoms. The Balaban J connectivity index is 1.55. The highest BCUT2D eigenvalue weighted by molar-refractivity contribution is 5.74. The molecule has 0 aliphatic heterocycles. The van der Waals surface area contributed by atoms with Gasteiger partial charge in [0.2, 0.25) is 5.89 Å². The lowest BCUT2D eigenvalue weighted by molar-refractivity contribution is 0.234. The molecule has 0 unspecified atom stereocenters. The molecule has 2 N–H and O–H groups in total. The third kappa shape index (κ3) is 3.87. The standard InChI is InChI=1S/C16H18F2N4O2/c1-2-13(11-6-5-10(17)7-12(11)18)20-16(23)19-8-14-21-15(22-24-14)9-3-4-9/h5-7,9,13H,2-4,8H2,1H3,(H2,19,20,23)/t13-/m0/s1. The van der Waals surface area contributed by atoms with E-state index in [4.69, 9.17) is 4.52 Å². The molecule has 1 aliphatic carbocycles. The highest BCUT2D eigenvalue weighted by atomic mass is 19.1. The van der Waals surface area contributed by atoms with Gasteiger partial charge in [-0.15, -0.1) is 0 Å². The van der Waals surface area contributed by atoms with E-state index in [1.165, 1.54) is 12.1 Å². The quantitative estimate of drug-likeness (QED) is 0.849. The maximum absolute atomic E-state index is 13.8. The molecule has 2 amide bonds. The van der Waals surface area contributed by atoms with Gasteiger partial charge in [0.25, 0.3) is 0 Å². The molecule has 6 nitrogen and oxygen atoms in total. The number of hydrogen-bond acceptors (Lipinski definition) is 4. The van der Waals surface area contributed by atoms with Crippen molar-refractivity contribution in [3.05, 3.63) is 47.1 Å². The minimum atomic E-state index is -0.687. The Morgan fingerprint density at radius 3 is 2.88 bits per heavy atom. The molecule has 1 atom stereocenters. The van der Waals surface area contributed by atoms with Gasteiger partial charge in [-0.05, 0) is 25.3 Å². The molecule has 1 aliphatic rings. The summed E-state index contributed by atoms with van der Waals surface area (Å²) in [5.41, 5.74) is 0.239. The van der Waals surface area contributed by atoms with Crippen molar-refractivity contribution >= 4 is 6.03 Å². The van der Waals surface area contributed by atoms with Crippen LogP contribution in [0.5, 0.6) is 0 Å². The molecule has 0 saturated heterocycles. The first-order valence-electron chi connectivity index (χ1n) is 7.88. The van der Waals surface area contributed by atoms with Gasteiger partial charge in [0, 0.05) is 17.5 Å². The number of aromatic nitrogens is 2. The molecule has 0 bridgehead atoms. The number of nitrogens with one attached hydrogen (secondary N) is 2. The summed E-state index contributed by atoms with van der Waals surface area (Å²) in [5, 5.41) is 9.11. The Morgan fingerprint density at radius 2 is 2.21 bits per heavy atom. The van der Waals surface area contributed by atoms with Crippen LogP contribution in [0.1, 0.15) is 55.4 Å². The molecular formula is C16H18F2N4O2. The van der Waals surface area contributed by atoms with Gasteiger partial charge in [0.15, 0.2) is 5.82 Å². The predicted octanol–water partition coefficient (Wildman–Crippen LogP) is 3.18. The van der Waals surface area contributed by atoms with Gasteiger partial charge in [-0.1, -0.05) is 18.1 Å². The van der Waals surface area contributed by atoms with Crippen LogP contribution in [0.2, 0.25) is 0 Å². The third-order valence-electron chi connectivity index (χ3n) is 3.88. The van der Waals surface area contributed by atoms with E-state index in [-0.39, 0.29) is 12.1 Å². The first kappa shape index (κ1) is 16.4. The lowest BCUT2D eigenvalue weighted by Gasteiger charge is -2.18. The summed E-state index contributed by atoms with van der Waals surface area (Å²) in [5.74, 6) is 0.0360. The van der Waals surface area contributed by atoms with E-state index in [9.17, 15) is 13.6 Å². The normalized spacial score (nSPS) is 15.1. The van der Waals surface area contributed by atoms with Gasteiger partial charge in [-0.2, -0.15) is 4.98 Å². The van der Waals surface area contributed by atoms with Crippen LogP contribution in [0, 0.1) is 11.6 Å². The maximum Gasteiger partial charge on any atom is 0.315 e. The fourth-order valence-electron chi connectivity index (χ4n) is 2.40. The second-order valence-electron chi connectivity index (χ2n) is 5.77. The predicted molar refractivity (Wildman–Crippen MR) is 81.0 cm³/mol. The van der Waals surface area contributed by atoms with Crippen LogP contribution < -0.4 is 10.6 Å². The van der Waals surface area contributed by atoms with Crippen molar-refractivity contribution in [2.75, 3.05) is 0 Å². The van der Waals surface area contributed by atoms with E-state index < -0.39 is 23.7 Å². The Morgan fingerprint density at radius 1 is 1.42 bits per heavy atom. The largest absolute Gasteiger partial charge is 0.337 e. The zero-order valence-electron chi connectivity index (χ0n) is 13.2. The van der Waals surface area contributed by atoms with Gasteiger partial charge in [-0.3, -0.25) is 0 Å². The number of nitrogens with zero attached hydrogens (tertiary/aromatic N) is 2. The number of benzene rings is 1. The summed E-state index contributed by atoms with van der Waals surface area (Å²) in [4.78, 5) is 16.2. The van der Waals surface area contributed by atoms with Crippen LogP contribution in [-0.2, 0) is 6.54 Å². The van der Waals surface area contributed by atoms with E-state index in [1.54, 1.807) is 6.92 Å². The minimum Gasteiger partial charge on any atom is -0.337 e. The number of rotatable bonds is 6. The highest BCUT2D eigenvalue weighted by Crippen LogP contribution is 2.38. The van der Waals surface area contributed by atoms with Gasteiger partial charge < -0.3 is 15.2 Å². The number of amides is 2. The summed E-state index contributed by atoms with van der Waals surface area (Å²) in [6.07, 6.45) is 2.59. The average Bonchev–Trinajstić information content (AvgIpc) is 3.30. The Labute approximate surface area is 137 Å². The van der Waals surface area contributed by atoms with E-state index in [0.29, 0.717) is 24.1 Å². The molecule has 1 aromatic heterocycles. The monoisotopic (exact) mass is 336 g/mol. The van der Waals surface area contributed by atoms with Crippen LogP contribution in [-0.4, -0.2) is 16.2 Å². The van der Waals surface area contributed by atoms with Crippen LogP contribution in [0.25, 0.3) is 0 Å². The van der Waals surface area contributed by atoms with Gasteiger partial charge >= 0.3 is 6.03 Å². The van der Waals surface area contributed by atoms with Crippen molar-refractivity contribution in [1.82, 2.24) is 20.8 Å². The van der Waals surface area contributed by atoms with Gasteiger partial charge in [0.1, 0.15) is 11.6 Å². The Bertz CT molecular complexity index is 731. The average molecular weight is 336 g/mol. The van der Waals surface area contributed by atoms with E-state index in [1.807, 2.05) is 0 Å². The first-order chi connectivity index (χ1) is 11.6. The SMILES string of the molecule is CC[C@H](NC(=O)NCc1nc(C2CC2)no1)c1ccc(F)cc1F. The second kappa shape index (κ2) is 6.94. The molecule has 0 radical (unpaired) electrons. The maximum atomic E-state index is 13.8. The van der Waals surface area contributed by atoms with Crippen LogP contribution >= 0.6 is 0 Å². The van der Waals surface area contributed by atoms with Crippen LogP contribution in [0.4, 0.5) is 13.6 Å². The van der Waals surface area contributed by atoms with E-state index in [2.05, 4.69) is 20.8 Å². The Hall–Kier alpha value is -2.51. The van der Waals surface area contributed by atoms with Crippen molar-refractivity contribution in [2.45, 2.75) is 44.7 Å². The summed E-state index contributed by atoms with van der Waals surface area (Å²) in [6.45, 7) is 1.89. The lowest BCUT2D eigenvalue weighted by atomic mass is 10.0. The van der Waals surface area contributed by atoms with Crippen molar-refractivity contribution in [2.24, 2.45) is 0 Å². The molecule has 1 aromatic carbocycles. The molecule has 1 saturated carbocycles. The van der Waals surface area contributed by atoms with Crippen LogP contribution in [0.3, 0.4) is 0 Å². The van der Waals surface area contributed by atoms with Crippen molar-refractivity contribution in [3.63, 3.8) is 0 Å². The first-order valence-corrected chi connectivity index (χ1v) is 7.88. The van der Waals surface area contributed by atoms with E-state index in [0.717, 1.165) is 18.9 Å². The zero-order valence-corrected chi connectivity index (χ0v) is 13.2. The topological polar surface area (TPSA) is 80.0 Å². The smallest absolute Gasteiger partial charge is 0.315 e. The summed E-state index contributed by atoms with van der Waals surface area (Å²) in [6, 6.07) is 2.25. The minimum absolute atomic E-state index is 0.0912. The molecule has 128 valence electrons. The van der Waals surface area contributed by atoms with Crippen molar-refractivity contribution in [1.29, 1.82) is 0 Å². The fraction of sp³-hybridized carbons (Fsp3) is 0.438. The number of carbonyl (C=O) groups is 1. The van der Waals surface area contributed by atoms with Gasteiger partial charge in [-0.25, -0.2) is 13.6 Å². The molecule has 24 heavy (non-hydrogen) atoms. The van der Waals surface area contributed by atoms with Gasteiger partial charge in [0.05, 0.1) is 12.6 Å². The number of carbonyl (C=O) groups excluding carboxylic acids is 1. The van der Waals surface area contributed by atoms with E-state index >= 15 is 0 Å². The van der Waals surface area contributed by atoms with Crippen LogP contribution in [0.15, 0.2) is 22.7 Å². The second-order valence-corrected chi connectivity index (χ2v) is 5.77. The summed E-state index contributed by atoms with van der Waals surface area (Å²) in [7, 11) is 0. The molecule has 1 heterocycles.